The van der Waals surface area contributed by atoms with Crippen LogP contribution in [0.4, 0.5) is 4.79 Å². The van der Waals surface area contributed by atoms with E-state index in [4.69, 9.17) is 37.4 Å². The molecule has 0 aliphatic heterocycles. The molecule has 0 radical (unpaired) electrons. The molecule has 1 unspecified atom stereocenters. The number of rotatable bonds is 6. The summed E-state index contributed by atoms with van der Waals surface area (Å²) in [6.07, 6.45) is -0.964. The molecule has 162 valence electrons. The van der Waals surface area contributed by atoms with E-state index in [-0.39, 0.29) is 6.42 Å². The Kier molecular flexibility index (Phi) is 8.78. The Labute approximate surface area is 181 Å². The first-order valence-corrected chi connectivity index (χ1v) is 9.71. The number of hydrogen-bond donors (Lipinski definition) is 1. The zero-order valence-electron chi connectivity index (χ0n) is 17.4. The number of amides is 1. The summed E-state index contributed by atoms with van der Waals surface area (Å²) in [6.45, 7) is 9.67. The lowest BCUT2D eigenvalue weighted by molar-refractivity contribution is -0.173. The fraction of sp³-hybridized carbons (Fsp3) is 0.550. The summed E-state index contributed by atoms with van der Waals surface area (Å²) < 4.78 is 15.1. The molecule has 1 atom stereocenters. The highest BCUT2D eigenvalue weighted by Gasteiger charge is 2.25. The molecule has 1 aromatic carbocycles. The average molecular weight is 448 g/mol. The first-order chi connectivity index (χ1) is 13.2. The highest BCUT2D eigenvalue weighted by Crippen LogP contribution is 2.26. The fourth-order valence-corrected chi connectivity index (χ4v) is 2.61. The number of nitrogens with one attached hydrogen (secondary N) is 1. The van der Waals surface area contributed by atoms with Gasteiger partial charge in [0.25, 0.3) is 0 Å². The summed E-state index contributed by atoms with van der Waals surface area (Å²) >= 11 is 12.1. The van der Waals surface area contributed by atoms with Gasteiger partial charge in [-0.15, -0.1) is 0 Å². The van der Waals surface area contributed by atoms with E-state index in [1.807, 2.05) is 0 Å². The highest BCUT2D eigenvalue weighted by atomic mass is 35.5. The van der Waals surface area contributed by atoms with E-state index in [2.05, 4.69) is 5.32 Å². The lowest BCUT2D eigenvalue weighted by atomic mass is 9.98. The monoisotopic (exact) mass is 447 g/mol. The van der Waals surface area contributed by atoms with E-state index in [0.717, 1.165) is 0 Å². The number of carbonyl (C=O) groups excluding carboxylic acids is 3. The quantitative estimate of drug-likeness (QED) is 0.484. The van der Waals surface area contributed by atoms with Crippen molar-refractivity contribution in [2.75, 3.05) is 6.79 Å². The topological polar surface area (TPSA) is 90.9 Å². The summed E-state index contributed by atoms with van der Waals surface area (Å²) in [5, 5.41) is 3.30. The summed E-state index contributed by atoms with van der Waals surface area (Å²) in [4.78, 5) is 36.1. The second-order valence-electron chi connectivity index (χ2n) is 8.42. The van der Waals surface area contributed by atoms with Crippen LogP contribution in [0, 0.1) is 5.41 Å². The first kappa shape index (κ1) is 25.0. The van der Waals surface area contributed by atoms with Crippen molar-refractivity contribution in [2.24, 2.45) is 5.41 Å². The van der Waals surface area contributed by atoms with Gasteiger partial charge in [-0.3, -0.25) is 9.59 Å². The van der Waals surface area contributed by atoms with Gasteiger partial charge in [0.2, 0.25) is 6.79 Å². The van der Waals surface area contributed by atoms with Gasteiger partial charge in [-0.2, -0.15) is 0 Å². The third-order valence-corrected chi connectivity index (χ3v) is 3.81. The van der Waals surface area contributed by atoms with E-state index < -0.39 is 41.9 Å². The molecule has 9 heteroatoms. The normalized spacial score (nSPS) is 12.7. The molecule has 1 amide bonds. The van der Waals surface area contributed by atoms with Crippen LogP contribution in [0.3, 0.4) is 0 Å². The van der Waals surface area contributed by atoms with Crippen LogP contribution < -0.4 is 5.32 Å². The smallest absolute Gasteiger partial charge is 0.408 e. The van der Waals surface area contributed by atoms with Crippen LogP contribution in [0.2, 0.25) is 10.0 Å². The molecule has 0 spiro atoms. The highest BCUT2D eigenvalue weighted by molar-refractivity contribution is 6.34. The summed E-state index contributed by atoms with van der Waals surface area (Å²) in [6, 6.07) is 3.86. The molecule has 0 bridgehead atoms. The maximum absolute atomic E-state index is 12.2. The maximum atomic E-state index is 12.2. The van der Waals surface area contributed by atoms with Crippen LogP contribution in [0.5, 0.6) is 0 Å². The van der Waals surface area contributed by atoms with E-state index in [1.165, 1.54) is 6.07 Å². The van der Waals surface area contributed by atoms with Crippen molar-refractivity contribution in [3.63, 3.8) is 0 Å². The van der Waals surface area contributed by atoms with E-state index >= 15 is 0 Å². The molecule has 0 aromatic heterocycles. The molecule has 29 heavy (non-hydrogen) atoms. The molecule has 1 rings (SSSR count). The van der Waals surface area contributed by atoms with Gasteiger partial charge in [-0.1, -0.05) is 23.2 Å². The standard InChI is InChI=1S/C20H27Cl2NO6/c1-19(2,3)17(25)28-11-27-16(24)10-15(23-18(26)29-20(4,5)6)12-7-13(21)9-14(22)8-12/h7-9,15H,10-11H2,1-6H3,(H,23,26). The number of alkyl carbamates (subject to hydrolysis) is 1. The Bertz CT molecular complexity index is 732. The molecule has 0 fully saturated rings. The second kappa shape index (κ2) is 10.2. The lowest BCUT2D eigenvalue weighted by Crippen LogP contribution is -2.36. The van der Waals surface area contributed by atoms with Crippen molar-refractivity contribution >= 4 is 41.2 Å². The van der Waals surface area contributed by atoms with Crippen molar-refractivity contribution in [2.45, 2.75) is 59.6 Å². The van der Waals surface area contributed by atoms with Gasteiger partial charge >= 0.3 is 18.0 Å². The molecule has 0 aliphatic rings. The lowest BCUT2D eigenvalue weighted by Gasteiger charge is -2.24. The van der Waals surface area contributed by atoms with Crippen LogP contribution in [0.1, 0.15) is 59.6 Å². The number of halogens is 2. The molecule has 0 heterocycles. The number of carbonyl (C=O) groups is 3. The minimum absolute atomic E-state index is 0.247. The molecule has 0 saturated carbocycles. The predicted octanol–water partition coefficient (Wildman–Crippen LogP) is 5.04. The molecular weight excluding hydrogens is 421 g/mol. The van der Waals surface area contributed by atoms with Crippen molar-refractivity contribution in [1.82, 2.24) is 5.32 Å². The van der Waals surface area contributed by atoms with Crippen molar-refractivity contribution in [3.8, 4) is 0 Å². The number of hydrogen-bond acceptors (Lipinski definition) is 6. The summed E-state index contributed by atoms with van der Waals surface area (Å²) in [5.74, 6) is -1.20. The van der Waals surface area contributed by atoms with Gasteiger partial charge in [0, 0.05) is 10.0 Å². The van der Waals surface area contributed by atoms with Gasteiger partial charge in [0.1, 0.15) is 5.60 Å². The van der Waals surface area contributed by atoms with Crippen molar-refractivity contribution < 1.29 is 28.6 Å². The fourth-order valence-electron chi connectivity index (χ4n) is 2.07. The van der Waals surface area contributed by atoms with Gasteiger partial charge in [0.15, 0.2) is 0 Å². The zero-order valence-corrected chi connectivity index (χ0v) is 18.9. The molecule has 1 N–H and O–H groups in total. The Hall–Kier alpha value is -1.99. The Balaban J connectivity index is 2.84. The number of esters is 2. The van der Waals surface area contributed by atoms with E-state index in [1.54, 1.807) is 53.7 Å². The molecular formula is C20H27Cl2NO6. The minimum atomic E-state index is -0.813. The average Bonchev–Trinajstić information content (AvgIpc) is 2.50. The summed E-state index contributed by atoms with van der Waals surface area (Å²) in [7, 11) is 0. The molecule has 7 nitrogen and oxygen atoms in total. The Morgan fingerprint density at radius 2 is 1.52 bits per heavy atom. The molecule has 1 aromatic rings. The van der Waals surface area contributed by atoms with Crippen molar-refractivity contribution in [3.05, 3.63) is 33.8 Å². The molecule has 0 saturated heterocycles. The number of ether oxygens (including phenoxy) is 3. The van der Waals surface area contributed by atoms with Gasteiger partial charge in [0.05, 0.1) is 17.9 Å². The maximum Gasteiger partial charge on any atom is 0.408 e. The van der Waals surface area contributed by atoms with E-state index in [9.17, 15) is 14.4 Å². The van der Waals surface area contributed by atoms with Crippen molar-refractivity contribution in [1.29, 1.82) is 0 Å². The third-order valence-electron chi connectivity index (χ3n) is 3.37. The Morgan fingerprint density at radius 3 is 2.00 bits per heavy atom. The van der Waals surface area contributed by atoms with Crippen LogP contribution in [0.15, 0.2) is 18.2 Å². The largest absolute Gasteiger partial charge is 0.444 e. The third kappa shape index (κ3) is 9.85. The minimum Gasteiger partial charge on any atom is -0.444 e. The van der Waals surface area contributed by atoms with Crippen LogP contribution >= 0.6 is 23.2 Å². The van der Waals surface area contributed by atoms with Gasteiger partial charge in [-0.05, 0) is 65.3 Å². The first-order valence-electron chi connectivity index (χ1n) is 8.96. The molecule has 0 aliphatic carbocycles. The SMILES string of the molecule is CC(C)(C)OC(=O)NC(CC(=O)OCOC(=O)C(C)(C)C)c1cc(Cl)cc(Cl)c1. The second-order valence-corrected chi connectivity index (χ2v) is 9.29. The predicted molar refractivity (Wildman–Crippen MR) is 110 cm³/mol. The van der Waals surface area contributed by atoms with Gasteiger partial charge in [-0.25, -0.2) is 4.79 Å². The van der Waals surface area contributed by atoms with Gasteiger partial charge < -0.3 is 19.5 Å². The summed E-state index contributed by atoms with van der Waals surface area (Å²) in [5.41, 5.74) is -0.940. The van der Waals surface area contributed by atoms with E-state index in [0.29, 0.717) is 15.6 Å². The van der Waals surface area contributed by atoms with Crippen LogP contribution in [-0.2, 0) is 23.8 Å². The number of benzene rings is 1. The Morgan fingerprint density at radius 1 is 0.966 bits per heavy atom. The zero-order chi connectivity index (χ0) is 22.4. The van der Waals surface area contributed by atoms with Crippen LogP contribution in [0.25, 0.3) is 0 Å². The van der Waals surface area contributed by atoms with Crippen LogP contribution in [-0.4, -0.2) is 30.4 Å².